The van der Waals surface area contributed by atoms with Gasteiger partial charge in [0.25, 0.3) is 0 Å². The number of Topliss-reactive ketones (excluding diaryl/α,β-unsaturated/α-hetero) is 1. The third-order valence-corrected chi connectivity index (χ3v) is 5.86. The van der Waals surface area contributed by atoms with Gasteiger partial charge in [-0.25, -0.2) is 4.98 Å². The van der Waals surface area contributed by atoms with E-state index in [2.05, 4.69) is 35.5 Å². The molecule has 0 aliphatic heterocycles. The molecule has 162 valence electrons. The minimum absolute atomic E-state index is 0.123. The fourth-order valence-electron chi connectivity index (χ4n) is 4.31. The molecular formula is C25H35N3O2. The number of carbonyl (C=O) groups excluding carboxylic acids is 1. The molecule has 1 fully saturated rings. The van der Waals surface area contributed by atoms with Crippen LogP contribution >= 0.6 is 0 Å². The van der Waals surface area contributed by atoms with E-state index < -0.39 is 0 Å². The lowest BCUT2D eigenvalue weighted by molar-refractivity contribution is -0.116. The van der Waals surface area contributed by atoms with Crippen LogP contribution < -0.4 is 10.1 Å². The molecule has 1 heterocycles. The zero-order valence-electron chi connectivity index (χ0n) is 18.7. The van der Waals surface area contributed by atoms with Crippen molar-refractivity contribution in [2.75, 3.05) is 12.4 Å². The number of aryl methyl sites for hydroxylation is 1. The molecule has 1 aromatic heterocycles. The number of nitrogens with one attached hydrogen (secondary N) is 1. The van der Waals surface area contributed by atoms with Crippen molar-refractivity contribution in [3.05, 3.63) is 47.8 Å². The van der Waals surface area contributed by atoms with Crippen molar-refractivity contribution >= 4 is 17.3 Å². The average molecular weight is 410 g/mol. The Kier molecular flexibility index (Phi) is 7.72. The number of rotatable bonds is 9. The molecule has 1 aromatic carbocycles. The first-order chi connectivity index (χ1) is 14.5. The molecule has 1 aliphatic rings. The third kappa shape index (κ3) is 5.53. The van der Waals surface area contributed by atoms with Crippen molar-refractivity contribution in [2.24, 2.45) is 0 Å². The zero-order chi connectivity index (χ0) is 21.5. The van der Waals surface area contributed by atoms with Gasteiger partial charge in [-0.2, -0.15) is 0 Å². The quantitative estimate of drug-likeness (QED) is 0.545. The van der Waals surface area contributed by atoms with Gasteiger partial charge < -0.3 is 14.6 Å². The number of carbonyl (C=O) groups is 1. The largest absolute Gasteiger partial charge is 0.497 e. The highest BCUT2D eigenvalue weighted by atomic mass is 16.5. The number of anilines is 1. The molecule has 1 saturated carbocycles. The van der Waals surface area contributed by atoms with Crippen molar-refractivity contribution in [2.45, 2.75) is 77.8 Å². The lowest BCUT2D eigenvalue weighted by atomic mass is 10.1. The number of imidazole rings is 1. The molecular weight excluding hydrogens is 374 g/mol. The van der Waals surface area contributed by atoms with Crippen LogP contribution in [0.3, 0.4) is 0 Å². The molecule has 1 N–H and O–H groups in total. The molecule has 1 aliphatic carbocycles. The number of methoxy groups -OCH3 is 1. The Labute approximate surface area is 180 Å². The normalized spacial score (nSPS) is 14.9. The third-order valence-electron chi connectivity index (χ3n) is 5.86. The highest BCUT2D eigenvalue weighted by molar-refractivity contribution is 5.88. The Hall–Kier alpha value is -2.56. The summed E-state index contributed by atoms with van der Waals surface area (Å²) in [6.07, 6.45) is 8.69. The number of hydrogen-bond acceptors (Lipinski definition) is 4. The minimum atomic E-state index is 0.123. The van der Waals surface area contributed by atoms with E-state index in [1.54, 1.807) is 14.0 Å². The summed E-state index contributed by atoms with van der Waals surface area (Å²) >= 11 is 0. The first-order valence-electron chi connectivity index (χ1n) is 11.2. The molecule has 5 heteroatoms. The highest BCUT2D eigenvalue weighted by Crippen LogP contribution is 2.29. The van der Waals surface area contributed by atoms with E-state index in [0.717, 1.165) is 40.6 Å². The maximum atomic E-state index is 11.8. The Morgan fingerprint density at radius 2 is 1.87 bits per heavy atom. The van der Waals surface area contributed by atoms with Gasteiger partial charge in [-0.3, -0.25) is 4.79 Å². The topological polar surface area (TPSA) is 56.2 Å². The van der Waals surface area contributed by atoms with Crippen LogP contribution in [-0.2, 0) is 17.8 Å². The van der Waals surface area contributed by atoms with Crippen molar-refractivity contribution in [3.63, 3.8) is 0 Å². The van der Waals surface area contributed by atoms with E-state index in [-0.39, 0.29) is 5.78 Å². The van der Waals surface area contributed by atoms with E-state index in [1.165, 1.54) is 38.5 Å². The molecule has 3 rings (SSSR count). The highest BCUT2D eigenvalue weighted by Gasteiger charge is 2.22. The molecule has 5 nitrogen and oxygen atoms in total. The Bertz CT molecular complexity index is 859. The molecule has 0 unspecified atom stereocenters. The standard InChI is InChI=1S/C25H35N3O2/c1-5-23-24(18(2)16-19(3)29)28(17-20-12-14-22(30-4)15-13-20)25(27-23)26-21-10-8-6-7-9-11-21/h12-15,21H,2,5-11,16-17H2,1,3-4H3,(H,26,27). The van der Waals surface area contributed by atoms with Crippen LogP contribution in [-0.4, -0.2) is 28.5 Å². The summed E-state index contributed by atoms with van der Waals surface area (Å²) in [5.41, 5.74) is 4.01. The fraction of sp³-hybridized carbons (Fsp3) is 0.520. The molecule has 0 saturated heterocycles. The van der Waals surface area contributed by atoms with Crippen molar-refractivity contribution < 1.29 is 9.53 Å². The summed E-state index contributed by atoms with van der Waals surface area (Å²) in [7, 11) is 1.68. The van der Waals surface area contributed by atoms with Crippen LogP contribution in [0.1, 0.15) is 75.7 Å². The summed E-state index contributed by atoms with van der Waals surface area (Å²) < 4.78 is 7.52. The monoisotopic (exact) mass is 409 g/mol. The number of benzene rings is 1. The maximum Gasteiger partial charge on any atom is 0.204 e. The van der Waals surface area contributed by atoms with Gasteiger partial charge in [0.15, 0.2) is 0 Å². The lowest BCUT2D eigenvalue weighted by Crippen LogP contribution is -2.22. The smallest absolute Gasteiger partial charge is 0.204 e. The minimum Gasteiger partial charge on any atom is -0.497 e. The van der Waals surface area contributed by atoms with Crippen molar-refractivity contribution in [1.29, 1.82) is 0 Å². The van der Waals surface area contributed by atoms with Gasteiger partial charge in [-0.05, 0) is 49.5 Å². The first-order valence-corrected chi connectivity index (χ1v) is 11.2. The summed E-state index contributed by atoms with van der Waals surface area (Å²) in [6, 6.07) is 8.57. The molecule has 0 bridgehead atoms. The maximum absolute atomic E-state index is 11.8. The van der Waals surface area contributed by atoms with E-state index in [9.17, 15) is 4.79 Å². The number of allylic oxidation sites excluding steroid dienone is 1. The Morgan fingerprint density at radius 3 is 2.43 bits per heavy atom. The fourth-order valence-corrected chi connectivity index (χ4v) is 4.31. The van der Waals surface area contributed by atoms with E-state index >= 15 is 0 Å². The number of hydrogen-bond donors (Lipinski definition) is 1. The predicted octanol–water partition coefficient (Wildman–Crippen LogP) is 5.63. The van der Waals surface area contributed by atoms with Crippen molar-refractivity contribution in [1.82, 2.24) is 9.55 Å². The van der Waals surface area contributed by atoms with Gasteiger partial charge in [0.05, 0.1) is 25.0 Å². The number of ether oxygens (including phenoxy) is 1. The predicted molar refractivity (Wildman–Crippen MR) is 123 cm³/mol. The van der Waals surface area contributed by atoms with Gasteiger partial charge in [0.1, 0.15) is 11.5 Å². The zero-order valence-corrected chi connectivity index (χ0v) is 18.7. The summed E-state index contributed by atoms with van der Waals surface area (Å²) in [5.74, 6) is 1.86. The van der Waals surface area contributed by atoms with Crippen LogP contribution in [0.15, 0.2) is 30.8 Å². The summed E-state index contributed by atoms with van der Waals surface area (Å²) in [4.78, 5) is 16.8. The van der Waals surface area contributed by atoms with E-state index in [0.29, 0.717) is 19.0 Å². The molecule has 0 radical (unpaired) electrons. The van der Waals surface area contributed by atoms with Gasteiger partial charge in [0.2, 0.25) is 5.95 Å². The first kappa shape index (κ1) is 22.1. The van der Waals surface area contributed by atoms with Gasteiger partial charge in [-0.1, -0.05) is 51.3 Å². The second-order valence-corrected chi connectivity index (χ2v) is 8.33. The Balaban J connectivity index is 1.97. The van der Waals surface area contributed by atoms with Crippen LogP contribution in [0.2, 0.25) is 0 Å². The Morgan fingerprint density at radius 1 is 1.20 bits per heavy atom. The number of ketones is 1. The van der Waals surface area contributed by atoms with Crippen molar-refractivity contribution in [3.8, 4) is 5.75 Å². The molecule has 0 spiro atoms. The second-order valence-electron chi connectivity index (χ2n) is 8.33. The molecule has 2 aromatic rings. The molecule has 0 atom stereocenters. The van der Waals surface area contributed by atoms with Gasteiger partial charge in [0, 0.05) is 12.5 Å². The van der Waals surface area contributed by atoms with E-state index in [1.807, 2.05) is 12.1 Å². The van der Waals surface area contributed by atoms with Crippen LogP contribution in [0.25, 0.3) is 5.57 Å². The van der Waals surface area contributed by atoms with Gasteiger partial charge >= 0.3 is 0 Å². The number of aromatic nitrogens is 2. The van der Waals surface area contributed by atoms with Crippen LogP contribution in [0.4, 0.5) is 5.95 Å². The second kappa shape index (κ2) is 10.5. The molecule has 30 heavy (non-hydrogen) atoms. The lowest BCUT2D eigenvalue weighted by Gasteiger charge is -2.20. The summed E-state index contributed by atoms with van der Waals surface area (Å²) in [5, 5.41) is 3.74. The molecule has 0 amide bonds. The van der Waals surface area contributed by atoms with Crippen LogP contribution in [0, 0.1) is 0 Å². The number of nitrogens with zero attached hydrogens (tertiary/aromatic N) is 2. The van der Waals surface area contributed by atoms with E-state index in [4.69, 9.17) is 9.72 Å². The summed E-state index contributed by atoms with van der Waals surface area (Å²) in [6.45, 7) is 8.66. The van der Waals surface area contributed by atoms with Gasteiger partial charge in [-0.15, -0.1) is 0 Å². The average Bonchev–Trinajstić information content (AvgIpc) is 2.88. The SMILES string of the molecule is C=C(CC(C)=O)c1c(CC)nc(NC2CCCCCC2)n1Cc1ccc(OC)cc1. The van der Waals surface area contributed by atoms with Crippen LogP contribution in [0.5, 0.6) is 5.75 Å².